The molecule has 4 atom stereocenters. The van der Waals surface area contributed by atoms with E-state index in [9.17, 15) is 19.5 Å². The molecule has 0 aliphatic carbocycles. The molecule has 220 valence electrons. The van der Waals surface area contributed by atoms with Crippen LogP contribution in [0.2, 0.25) is 0 Å². The van der Waals surface area contributed by atoms with Crippen LogP contribution in [-0.2, 0) is 15.1 Å². The summed E-state index contributed by atoms with van der Waals surface area (Å²) in [5.41, 5.74) is 2.66. The highest BCUT2D eigenvalue weighted by Crippen LogP contribution is 2.48. The summed E-state index contributed by atoms with van der Waals surface area (Å²) in [5, 5.41) is 9.66. The first-order valence-corrected chi connectivity index (χ1v) is 14.7. The number of hydrogen-bond donors (Lipinski definition) is 1. The van der Waals surface area contributed by atoms with E-state index in [4.69, 9.17) is 0 Å². The minimum absolute atomic E-state index is 0.0562. The lowest BCUT2D eigenvalue weighted by molar-refractivity contribution is -0.143. The Balaban J connectivity index is 1.39. The third-order valence-electron chi connectivity index (χ3n) is 8.69. The Labute approximate surface area is 248 Å². The van der Waals surface area contributed by atoms with Crippen molar-refractivity contribution in [1.29, 1.82) is 0 Å². The van der Waals surface area contributed by atoms with Crippen LogP contribution in [0, 0.1) is 5.92 Å². The van der Waals surface area contributed by atoms with Gasteiger partial charge >= 0.3 is 12.0 Å². The minimum Gasteiger partial charge on any atom is -0.480 e. The Bertz CT molecular complexity index is 1300. The lowest BCUT2D eigenvalue weighted by Gasteiger charge is -2.43. The fourth-order valence-electron chi connectivity index (χ4n) is 6.65. The first-order chi connectivity index (χ1) is 20.2. The zero-order chi connectivity index (χ0) is 30.0. The van der Waals surface area contributed by atoms with Crippen LogP contribution in [-0.4, -0.2) is 94.0 Å². The van der Waals surface area contributed by atoms with Gasteiger partial charge in [0.15, 0.2) is 0 Å². The Kier molecular flexibility index (Phi) is 8.36. The van der Waals surface area contributed by atoms with Crippen molar-refractivity contribution in [3.05, 3.63) is 108 Å². The zero-order valence-corrected chi connectivity index (χ0v) is 24.8. The standard InChI is InChI=1S/C34H40N4O4/c1-24(2)30(32(40)41)35(4)33(42)36-20-21-37(25(3)22-36)31(39)29-23-38(29)34(26-14-8-5-9-15-26,27-16-10-6-11-17-27)28-18-12-7-13-19-28/h5-19,24-25,29-30H,20-23H2,1-4H3,(H,40,41)/t25-,29?,30?,38-/m1/s1. The number of amides is 3. The fourth-order valence-corrected chi connectivity index (χ4v) is 6.65. The summed E-state index contributed by atoms with van der Waals surface area (Å²) in [7, 11) is 1.54. The molecular formula is C34H40N4O4. The Morgan fingerprint density at radius 1 is 0.810 bits per heavy atom. The highest BCUT2D eigenvalue weighted by Gasteiger charge is 2.57. The first-order valence-electron chi connectivity index (χ1n) is 14.7. The molecule has 2 aliphatic heterocycles. The molecule has 2 heterocycles. The van der Waals surface area contributed by atoms with Gasteiger partial charge in [0, 0.05) is 39.3 Å². The molecule has 3 amide bonds. The smallest absolute Gasteiger partial charge is 0.326 e. The van der Waals surface area contributed by atoms with Gasteiger partial charge in [0.2, 0.25) is 5.91 Å². The van der Waals surface area contributed by atoms with Gasteiger partial charge in [-0.1, -0.05) is 105 Å². The average molecular weight is 569 g/mol. The molecule has 5 rings (SSSR count). The second-order valence-corrected chi connectivity index (χ2v) is 11.7. The van der Waals surface area contributed by atoms with Crippen LogP contribution in [0.25, 0.3) is 0 Å². The monoisotopic (exact) mass is 568 g/mol. The van der Waals surface area contributed by atoms with Crippen LogP contribution in [0.3, 0.4) is 0 Å². The number of carboxylic acids is 1. The number of rotatable bonds is 8. The van der Waals surface area contributed by atoms with E-state index in [0.717, 1.165) is 16.7 Å². The molecular weight excluding hydrogens is 528 g/mol. The molecule has 2 saturated heterocycles. The maximum absolute atomic E-state index is 14.1. The lowest BCUT2D eigenvalue weighted by Crippen LogP contribution is -2.60. The minimum atomic E-state index is -1.02. The normalized spacial score (nSPS) is 21.1. The molecule has 8 nitrogen and oxygen atoms in total. The van der Waals surface area contributed by atoms with E-state index >= 15 is 0 Å². The molecule has 0 aromatic heterocycles. The third kappa shape index (κ3) is 5.27. The molecule has 0 saturated carbocycles. The maximum Gasteiger partial charge on any atom is 0.326 e. The molecule has 2 unspecified atom stereocenters. The molecule has 1 N–H and O–H groups in total. The molecule has 3 aromatic rings. The summed E-state index contributed by atoms with van der Waals surface area (Å²) in [6.45, 7) is 7.27. The number of carbonyl (C=O) groups excluding carboxylic acids is 2. The van der Waals surface area contributed by atoms with Crippen LogP contribution in [0.1, 0.15) is 37.5 Å². The van der Waals surface area contributed by atoms with Crippen molar-refractivity contribution in [2.45, 2.75) is 44.4 Å². The van der Waals surface area contributed by atoms with Crippen LogP contribution in [0.5, 0.6) is 0 Å². The van der Waals surface area contributed by atoms with E-state index in [-0.39, 0.29) is 29.9 Å². The van der Waals surface area contributed by atoms with Crippen molar-refractivity contribution in [2.24, 2.45) is 5.92 Å². The summed E-state index contributed by atoms with van der Waals surface area (Å²) in [4.78, 5) is 46.3. The first kappa shape index (κ1) is 29.3. The van der Waals surface area contributed by atoms with Gasteiger partial charge in [-0.3, -0.25) is 9.69 Å². The number of aliphatic carboxylic acids is 1. The molecule has 0 spiro atoms. The summed E-state index contributed by atoms with van der Waals surface area (Å²) >= 11 is 0. The highest BCUT2D eigenvalue weighted by atomic mass is 16.4. The van der Waals surface area contributed by atoms with Gasteiger partial charge in [0.25, 0.3) is 0 Å². The van der Waals surface area contributed by atoms with Crippen LogP contribution in [0.15, 0.2) is 91.0 Å². The SMILES string of the molecule is CC(C)C(C(=O)O)N(C)C(=O)N1CCN(C(=O)C2C[N@@]2C(c2ccccc2)(c2ccccc2)c2ccccc2)[C@H](C)C1. The van der Waals surface area contributed by atoms with Crippen LogP contribution >= 0.6 is 0 Å². The van der Waals surface area contributed by atoms with Crippen LogP contribution < -0.4 is 0 Å². The summed E-state index contributed by atoms with van der Waals surface area (Å²) in [6, 6.07) is 29.3. The van der Waals surface area contributed by atoms with Gasteiger partial charge in [-0.2, -0.15) is 0 Å². The number of likely N-dealkylation sites (N-methyl/N-ethyl adjacent to an activating group) is 1. The van der Waals surface area contributed by atoms with Crippen molar-refractivity contribution < 1.29 is 19.5 Å². The second-order valence-electron chi connectivity index (χ2n) is 11.7. The van der Waals surface area contributed by atoms with Gasteiger partial charge in [0.1, 0.15) is 12.1 Å². The molecule has 8 heteroatoms. The second kappa shape index (κ2) is 12.0. The summed E-state index contributed by atoms with van der Waals surface area (Å²) in [6.07, 6.45) is 0. The van der Waals surface area contributed by atoms with Crippen molar-refractivity contribution in [3.8, 4) is 0 Å². The van der Waals surface area contributed by atoms with Gasteiger partial charge in [0.05, 0.1) is 5.54 Å². The topological polar surface area (TPSA) is 84.2 Å². The third-order valence-corrected chi connectivity index (χ3v) is 8.69. The number of carboxylic acid groups (broad SMARTS) is 1. The number of benzene rings is 3. The quantitative estimate of drug-likeness (QED) is 0.323. The lowest BCUT2D eigenvalue weighted by atomic mass is 9.76. The van der Waals surface area contributed by atoms with E-state index in [1.807, 2.05) is 66.4 Å². The van der Waals surface area contributed by atoms with Crippen LogP contribution in [0.4, 0.5) is 4.79 Å². The zero-order valence-electron chi connectivity index (χ0n) is 24.8. The van der Waals surface area contributed by atoms with E-state index in [2.05, 4.69) is 41.3 Å². The molecule has 42 heavy (non-hydrogen) atoms. The van der Waals surface area contributed by atoms with E-state index in [0.29, 0.717) is 26.2 Å². The highest BCUT2D eigenvalue weighted by molar-refractivity contribution is 5.87. The Morgan fingerprint density at radius 3 is 1.69 bits per heavy atom. The number of piperazine rings is 1. The van der Waals surface area contributed by atoms with Crippen molar-refractivity contribution in [1.82, 2.24) is 19.6 Å². The maximum atomic E-state index is 14.1. The van der Waals surface area contributed by atoms with Crippen molar-refractivity contribution in [2.75, 3.05) is 33.2 Å². The molecule has 0 radical (unpaired) electrons. The van der Waals surface area contributed by atoms with E-state index < -0.39 is 17.6 Å². The number of urea groups is 1. The average Bonchev–Trinajstić information content (AvgIpc) is 3.79. The predicted octanol–water partition coefficient (Wildman–Crippen LogP) is 4.36. The largest absolute Gasteiger partial charge is 0.480 e. The van der Waals surface area contributed by atoms with E-state index in [1.165, 1.54) is 4.90 Å². The number of carbonyl (C=O) groups is 3. The van der Waals surface area contributed by atoms with Gasteiger partial charge < -0.3 is 19.8 Å². The van der Waals surface area contributed by atoms with Gasteiger partial charge in [-0.05, 0) is 29.5 Å². The molecule has 0 bridgehead atoms. The van der Waals surface area contributed by atoms with Gasteiger partial charge in [-0.15, -0.1) is 0 Å². The summed E-state index contributed by atoms with van der Waals surface area (Å²) < 4.78 is 0. The summed E-state index contributed by atoms with van der Waals surface area (Å²) in [5.74, 6) is -1.19. The molecule has 3 aromatic carbocycles. The van der Waals surface area contributed by atoms with Crippen molar-refractivity contribution in [3.63, 3.8) is 0 Å². The number of hydrogen-bond acceptors (Lipinski definition) is 4. The number of nitrogens with zero attached hydrogens (tertiary/aromatic N) is 4. The Morgan fingerprint density at radius 2 is 1.29 bits per heavy atom. The van der Waals surface area contributed by atoms with Crippen molar-refractivity contribution >= 4 is 17.9 Å². The molecule has 2 fully saturated rings. The Hall–Kier alpha value is -4.17. The molecule has 2 aliphatic rings. The fraction of sp³-hybridized carbons (Fsp3) is 0.382. The predicted molar refractivity (Wildman–Crippen MR) is 162 cm³/mol. The van der Waals surface area contributed by atoms with E-state index in [1.54, 1.807) is 25.8 Å². The van der Waals surface area contributed by atoms with Gasteiger partial charge in [-0.25, -0.2) is 9.59 Å².